The molecule has 0 aliphatic rings. The monoisotopic (exact) mass is 235 g/mol. The van der Waals surface area contributed by atoms with Crippen LogP contribution in [0.4, 0.5) is 0 Å². The fourth-order valence-corrected chi connectivity index (χ4v) is 1.54. The summed E-state index contributed by atoms with van der Waals surface area (Å²) >= 11 is 0. The third-order valence-electron chi connectivity index (χ3n) is 2.53. The highest BCUT2D eigenvalue weighted by atomic mass is 16.5. The van der Waals surface area contributed by atoms with Crippen molar-refractivity contribution < 1.29 is 19.4 Å². The van der Waals surface area contributed by atoms with Gasteiger partial charge in [0.05, 0.1) is 12.7 Å². The first-order valence-corrected chi connectivity index (χ1v) is 5.48. The summed E-state index contributed by atoms with van der Waals surface area (Å²) in [6, 6.07) is 5.36. The van der Waals surface area contributed by atoms with E-state index in [1.807, 2.05) is 13.0 Å². The molecule has 0 heterocycles. The van der Waals surface area contributed by atoms with Crippen molar-refractivity contribution in [1.29, 1.82) is 0 Å². The van der Waals surface area contributed by atoms with E-state index < -0.39 is 5.97 Å². The van der Waals surface area contributed by atoms with Crippen molar-refractivity contribution >= 4 is 11.8 Å². The number of carboxylic acids is 1. The van der Waals surface area contributed by atoms with Gasteiger partial charge in [-0.2, -0.15) is 0 Å². The van der Waals surface area contributed by atoms with Crippen molar-refractivity contribution in [1.82, 2.24) is 0 Å². The lowest BCUT2D eigenvalue weighted by molar-refractivity contribution is -0.305. The van der Waals surface area contributed by atoms with E-state index in [0.717, 1.165) is 12.0 Å². The summed E-state index contributed by atoms with van der Waals surface area (Å²) in [6.07, 6.45) is 0.481. The summed E-state index contributed by atoms with van der Waals surface area (Å²) in [5, 5.41) is 10.3. The molecule has 0 saturated heterocycles. The number of Topliss-reactive ketones (excluding diaryl/α,β-unsaturated/α-hetero) is 1. The highest BCUT2D eigenvalue weighted by Crippen LogP contribution is 2.22. The molecule has 1 rings (SSSR count). The van der Waals surface area contributed by atoms with Crippen LogP contribution in [0.5, 0.6) is 5.75 Å². The molecule has 0 unspecified atom stereocenters. The number of methoxy groups -OCH3 is 1. The smallest absolute Gasteiger partial charge is 0.166 e. The lowest BCUT2D eigenvalue weighted by atomic mass is 10.0. The van der Waals surface area contributed by atoms with Crippen molar-refractivity contribution in [3.63, 3.8) is 0 Å². The molecule has 4 heteroatoms. The number of carboxylic acid groups (broad SMARTS) is 1. The molecule has 0 bridgehead atoms. The van der Waals surface area contributed by atoms with Gasteiger partial charge in [0, 0.05) is 12.4 Å². The Balaban J connectivity index is 2.93. The lowest BCUT2D eigenvalue weighted by Crippen LogP contribution is -2.22. The molecule has 1 aromatic carbocycles. The Morgan fingerprint density at radius 2 is 2.00 bits per heavy atom. The Morgan fingerprint density at radius 1 is 1.29 bits per heavy atom. The molecule has 0 aliphatic heterocycles. The van der Waals surface area contributed by atoms with Gasteiger partial charge in [0.15, 0.2) is 5.78 Å². The van der Waals surface area contributed by atoms with Crippen LogP contribution >= 0.6 is 0 Å². The molecule has 0 atom stereocenters. The molecule has 4 nitrogen and oxygen atoms in total. The molecule has 92 valence electrons. The predicted octanol–water partition coefficient (Wildman–Crippen LogP) is 0.970. The van der Waals surface area contributed by atoms with Crippen LogP contribution in [0.3, 0.4) is 0 Å². The molecule has 0 spiro atoms. The van der Waals surface area contributed by atoms with Crippen LogP contribution in [-0.2, 0) is 11.2 Å². The molecule has 0 fully saturated rings. The van der Waals surface area contributed by atoms with Crippen LogP contribution in [-0.4, -0.2) is 18.9 Å². The van der Waals surface area contributed by atoms with Crippen LogP contribution in [0.25, 0.3) is 0 Å². The predicted molar refractivity (Wildman–Crippen MR) is 60.9 cm³/mol. The van der Waals surface area contributed by atoms with E-state index in [-0.39, 0.29) is 18.6 Å². The van der Waals surface area contributed by atoms with Gasteiger partial charge in [0.1, 0.15) is 5.75 Å². The number of carbonyl (C=O) groups excluding carboxylic acids is 2. The minimum absolute atomic E-state index is 0.0636. The zero-order valence-electron chi connectivity index (χ0n) is 9.99. The Bertz CT molecular complexity index is 423. The second-order valence-electron chi connectivity index (χ2n) is 3.68. The van der Waals surface area contributed by atoms with E-state index in [2.05, 4.69) is 0 Å². The molecule has 0 aromatic heterocycles. The third-order valence-corrected chi connectivity index (χ3v) is 2.53. The average molecular weight is 235 g/mol. The van der Waals surface area contributed by atoms with E-state index in [9.17, 15) is 14.7 Å². The first-order chi connectivity index (χ1) is 8.08. The van der Waals surface area contributed by atoms with Crippen molar-refractivity contribution in [2.24, 2.45) is 0 Å². The number of benzene rings is 1. The SMILES string of the molecule is CCc1ccc(OC)c(C(=O)CCC(=O)[O-])c1. The zero-order valence-corrected chi connectivity index (χ0v) is 9.99. The Kier molecular flexibility index (Phi) is 4.69. The molecule has 0 aliphatic carbocycles. The molecule has 1 aromatic rings. The van der Waals surface area contributed by atoms with Crippen LogP contribution in [0.2, 0.25) is 0 Å². The second-order valence-corrected chi connectivity index (χ2v) is 3.68. The standard InChI is InChI=1S/C13H16O4/c1-3-9-4-6-12(17-2)10(8-9)11(14)5-7-13(15)16/h4,6,8H,3,5,7H2,1-2H3,(H,15,16)/p-1. The van der Waals surface area contributed by atoms with Crippen molar-refractivity contribution in [2.75, 3.05) is 7.11 Å². The fraction of sp³-hybridized carbons (Fsp3) is 0.385. The van der Waals surface area contributed by atoms with Crippen LogP contribution < -0.4 is 9.84 Å². The number of aryl methyl sites for hydroxylation is 1. The van der Waals surface area contributed by atoms with Gasteiger partial charge < -0.3 is 14.6 Å². The maximum absolute atomic E-state index is 11.8. The van der Waals surface area contributed by atoms with Gasteiger partial charge >= 0.3 is 0 Å². The van der Waals surface area contributed by atoms with Gasteiger partial charge in [-0.1, -0.05) is 13.0 Å². The maximum Gasteiger partial charge on any atom is 0.166 e. The average Bonchev–Trinajstić information content (AvgIpc) is 2.34. The number of rotatable bonds is 6. The van der Waals surface area contributed by atoms with Gasteiger partial charge in [-0.3, -0.25) is 4.79 Å². The summed E-state index contributed by atoms with van der Waals surface area (Å²) in [7, 11) is 1.48. The van der Waals surface area contributed by atoms with Gasteiger partial charge in [0.25, 0.3) is 0 Å². The Hall–Kier alpha value is -1.84. The number of aliphatic carboxylic acids is 1. The van der Waals surface area contributed by atoms with E-state index >= 15 is 0 Å². The summed E-state index contributed by atoms with van der Waals surface area (Å²) in [6.45, 7) is 1.98. The molecular weight excluding hydrogens is 220 g/mol. The Morgan fingerprint density at radius 3 is 2.53 bits per heavy atom. The molecule has 0 saturated carbocycles. The Labute approximate surface area is 100 Å². The van der Waals surface area contributed by atoms with E-state index in [4.69, 9.17) is 4.74 Å². The summed E-state index contributed by atoms with van der Waals surface area (Å²) in [4.78, 5) is 22.1. The lowest BCUT2D eigenvalue weighted by Gasteiger charge is -2.09. The first-order valence-electron chi connectivity index (χ1n) is 5.48. The van der Waals surface area contributed by atoms with E-state index in [0.29, 0.717) is 11.3 Å². The highest BCUT2D eigenvalue weighted by Gasteiger charge is 2.12. The number of hydrogen-bond donors (Lipinski definition) is 0. The van der Waals surface area contributed by atoms with E-state index in [1.165, 1.54) is 7.11 Å². The van der Waals surface area contributed by atoms with Crippen molar-refractivity contribution in [2.45, 2.75) is 26.2 Å². The number of ether oxygens (including phenoxy) is 1. The van der Waals surface area contributed by atoms with Crippen molar-refractivity contribution in [3.8, 4) is 5.75 Å². The van der Waals surface area contributed by atoms with Crippen LogP contribution in [0.15, 0.2) is 18.2 Å². The quantitative estimate of drug-likeness (QED) is 0.689. The van der Waals surface area contributed by atoms with Gasteiger partial charge in [-0.25, -0.2) is 0 Å². The normalized spacial score (nSPS) is 10.0. The molecule has 17 heavy (non-hydrogen) atoms. The topological polar surface area (TPSA) is 66.4 Å². The minimum Gasteiger partial charge on any atom is -0.550 e. The molecule has 0 N–H and O–H groups in total. The largest absolute Gasteiger partial charge is 0.550 e. The van der Waals surface area contributed by atoms with Crippen LogP contribution in [0, 0.1) is 0 Å². The molecule has 0 radical (unpaired) electrons. The van der Waals surface area contributed by atoms with Gasteiger partial charge in [0.2, 0.25) is 0 Å². The third kappa shape index (κ3) is 3.59. The molecule has 0 amide bonds. The van der Waals surface area contributed by atoms with E-state index in [1.54, 1.807) is 12.1 Å². The van der Waals surface area contributed by atoms with Gasteiger partial charge in [-0.05, 0) is 30.5 Å². The van der Waals surface area contributed by atoms with Crippen LogP contribution in [0.1, 0.15) is 35.7 Å². The second kappa shape index (κ2) is 6.03. The number of hydrogen-bond acceptors (Lipinski definition) is 4. The summed E-state index contributed by atoms with van der Waals surface area (Å²) in [5.74, 6) is -0.976. The fourth-order valence-electron chi connectivity index (χ4n) is 1.54. The minimum atomic E-state index is -1.22. The molecular formula is C13H15O4-. The maximum atomic E-state index is 11.8. The number of carbonyl (C=O) groups is 2. The van der Waals surface area contributed by atoms with Crippen molar-refractivity contribution in [3.05, 3.63) is 29.3 Å². The number of ketones is 1. The first kappa shape index (κ1) is 13.2. The summed E-state index contributed by atoms with van der Waals surface area (Å²) < 4.78 is 5.09. The van der Waals surface area contributed by atoms with Gasteiger partial charge in [-0.15, -0.1) is 0 Å². The summed E-state index contributed by atoms with van der Waals surface area (Å²) in [5.41, 5.74) is 1.45. The zero-order chi connectivity index (χ0) is 12.8. The highest BCUT2D eigenvalue weighted by molar-refractivity contribution is 5.99.